The summed E-state index contributed by atoms with van der Waals surface area (Å²) in [7, 11) is -2.14. The Morgan fingerprint density at radius 1 is 1.00 bits per heavy atom. The predicted octanol–water partition coefficient (Wildman–Crippen LogP) is 4.21. The van der Waals surface area contributed by atoms with Gasteiger partial charge in [0.05, 0.1) is 13.0 Å². The fourth-order valence-corrected chi connectivity index (χ4v) is 2.82. The van der Waals surface area contributed by atoms with E-state index in [9.17, 15) is 9.69 Å². The number of hydrogen-bond acceptors (Lipinski definition) is 5. The number of rotatable bonds is 9. The number of carbonyl (C=O) groups excluding carboxylic acids is 1. The quantitative estimate of drug-likeness (QED) is 0.411. The lowest BCUT2D eigenvalue weighted by molar-refractivity contribution is -0.170. The van der Waals surface area contributed by atoms with Crippen molar-refractivity contribution >= 4 is 14.6 Å². The van der Waals surface area contributed by atoms with Crippen molar-refractivity contribution < 1.29 is 23.5 Å². The molecule has 0 amide bonds. The highest BCUT2D eigenvalue weighted by molar-refractivity contribution is 7.40. The van der Waals surface area contributed by atoms with Gasteiger partial charge in [-0.15, -0.1) is 0 Å². The van der Waals surface area contributed by atoms with E-state index in [0.717, 1.165) is 11.1 Å². The van der Waals surface area contributed by atoms with E-state index in [1.807, 2.05) is 74.5 Å². The van der Waals surface area contributed by atoms with E-state index in [1.165, 1.54) is 0 Å². The third-order valence-corrected chi connectivity index (χ3v) is 4.10. The van der Waals surface area contributed by atoms with Crippen LogP contribution in [0.1, 0.15) is 25.0 Å². The van der Waals surface area contributed by atoms with Gasteiger partial charge in [0.2, 0.25) is 6.29 Å². The molecule has 134 valence electrons. The molecule has 0 saturated carbocycles. The van der Waals surface area contributed by atoms with E-state index < -0.39 is 20.9 Å². The van der Waals surface area contributed by atoms with E-state index in [4.69, 9.17) is 13.8 Å². The Kier molecular flexibility index (Phi) is 8.02. The second-order valence-electron chi connectivity index (χ2n) is 5.87. The first-order valence-corrected chi connectivity index (χ1v) is 9.23. The van der Waals surface area contributed by atoms with Crippen molar-refractivity contribution in [3.63, 3.8) is 0 Å². The minimum Gasteiger partial charge on any atom is -0.435 e. The van der Waals surface area contributed by atoms with Gasteiger partial charge in [-0.1, -0.05) is 74.5 Å². The van der Waals surface area contributed by atoms with E-state index in [0.29, 0.717) is 0 Å². The van der Waals surface area contributed by atoms with Crippen LogP contribution < -0.4 is 0 Å². The van der Waals surface area contributed by atoms with E-state index >= 15 is 0 Å². The summed E-state index contributed by atoms with van der Waals surface area (Å²) < 4.78 is 16.1. The summed E-state index contributed by atoms with van der Waals surface area (Å²) in [6.45, 7) is 3.92. The fourth-order valence-electron chi connectivity index (χ4n) is 2.04. The van der Waals surface area contributed by atoms with Crippen molar-refractivity contribution in [1.29, 1.82) is 0 Å². The monoisotopic (exact) mass is 362 g/mol. The normalized spacial score (nSPS) is 13.4. The molecule has 0 radical (unpaired) electrons. The van der Waals surface area contributed by atoms with Gasteiger partial charge >= 0.3 is 14.6 Å². The van der Waals surface area contributed by atoms with Gasteiger partial charge in [-0.3, -0.25) is 9.32 Å². The molecule has 1 N–H and O–H groups in total. The first-order valence-electron chi connectivity index (χ1n) is 8.10. The molecule has 5 nitrogen and oxygen atoms in total. The maximum atomic E-state index is 12.1. The smallest absolute Gasteiger partial charge is 0.333 e. The Labute approximate surface area is 149 Å². The molecule has 25 heavy (non-hydrogen) atoms. The first-order chi connectivity index (χ1) is 12.0. The molecule has 6 heteroatoms. The lowest BCUT2D eigenvalue weighted by Crippen LogP contribution is -2.26. The zero-order valence-electron chi connectivity index (χ0n) is 14.4. The van der Waals surface area contributed by atoms with Gasteiger partial charge < -0.3 is 14.2 Å². The summed E-state index contributed by atoms with van der Waals surface area (Å²) in [6.07, 6.45) is -0.704. The van der Waals surface area contributed by atoms with Crippen LogP contribution in [0, 0.1) is 5.92 Å². The summed E-state index contributed by atoms with van der Waals surface area (Å²) in [5, 5.41) is 0. The molecule has 2 aromatic rings. The minimum absolute atomic E-state index is 0.114. The molecule has 0 saturated heterocycles. The van der Waals surface area contributed by atoms with E-state index in [1.54, 1.807) is 0 Å². The highest BCUT2D eigenvalue weighted by atomic mass is 31.2. The van der Waals surface area contributed by atoms with Crippen LogP contribution >= 0.6 is 8.60 Å². The van der Waals surface area contributed by atoms with Crippen LogP contribution in [0.15, 0.2) is 60.7 Å². The predicted molar refractivity (Wildman–Crippen MR) is 96.3 cm³/mol. The second-order valence-corrected chi connectivity index (χ2v) is 6.81. The van der Waals surface area contributed by atoms with Crippen molar-refractivity contribution in [3.8, 4) is 0 Å². The average molecular weight is 362 g/mol. The first kappa shape index (κ1) is 19.5. The molecule has 0 aromatic heterocycles. The Morgan fingerprint density at radius 2 is 1.56 bits per heavy atom. The van der Waals surface area contributed by atoms with Crippen molar-refractivity contribution in [2.45, 2.75) is 33.2 Å². The molecule has 0 fully saturated rings. The van der Waals surface area contributed by atoms with Gasteiger partial charge in [0.15, 0.2) is 0 Å². The number of ether oxygens (including phenoxy) is 1. The van der Waals surface area contributed by atoms with E-state index in [-0.39, 0.29) is 18.9 Å². The van der Waals surface area contributed by atoms with Crippen LogP contribution in [0.25, 0.3) is 0 Å². The molecule has 0 spiro atoms. The summed E-state index contributed by atoms with van der Waals surface area (Å²) >= 11 is 0. The van der Waals surface area contributed by atoms with Crippen LogP contribution in [0.5, 0.6) is 0 Å². The molecular formula is C19H23O5P. The molecule has 0 aliphatic rings. The number of hydrogen-bond donors (Lipinski definition) is 1. The van der Waals surface area contributed by atoms with Gasteiger partial charge in [-0.25, -0.2) is 0 Å². The maximum absolute atomic E-state index is 12.1. The Bertz CT molecular complexity index is 633. The fraction of sp³-hybridized carbons (Fsp3) is 0.316. The molecule has 2 aromatic carbocycles. The molecular weight excluding hydrogens is 339 g/mol. The Morgan fingerprint density at radius 3 is 2.12 bits per heavy atom. The lowest BCUT2D eigenvalue weighted by atomic mass is 10.1. The van der Waals surface area contributed by atoms with Crippen LogP contribution in [-0.4, -0.2) is 17.2 Å². The molecule has 2 rings (SSSR count). The highest BCUT2D eigenvalue weighted by Gasteiger charge is 2.24. The number of carbonyl (C=O) groups is 1. The Balaban J connectivity index is 1.82. The SMILES string of the molecule is CC(C)C(OC(=O)Cc1ccccc1)OP(O)OCc1ccccc1. The van der Waals surface area contributed by atoms with Crippen LogP contribution in [0.2, 0.25) is 0 Å². The van der Waals surface area contributed by atoms with Gasteiger partial charge in [-0.05, 0) is 11.1 Å². The lowest BCUT2D eigenvalue weighted by Gasteiger charge is -2.23. The van der Waals surface area contributed by atoms with E-state index in [2.05, 4.69) is 0 Å². The van der Waals surface area contributed by atoms with Gasteiger partial charge in [0.1, 0.15) is 0 Å². The van der Waals surface area contributed by atoms with Crippen molar-refractivity contribution in [2.75, 3.05) is 0 Å². The highest BCUT2D eigenvalue weighted by Crippen LogP contribution is 2.37. The number of esters is 1. The zero-order chi connectivity index (χ0) is 18.1. The molecule has 0 heterocycles. The standard InChI is InChI=1S/C19H23O5P/c1-15(2)19(23-18(20)13-16-9-5-3-6-10-16)24-25(21)22-14-17-11-7-4-8-12-17/h3-12,15,19,21H,13-14H2,1-2H3. The largest absolute Gasteiger partial charge is 0.435 e. The molecule has 0 aliphatic carbocycles. The Hall–Kier alpha value is -1.78. The summed E-state index contributed by atoms with van der Waals surface area (Å²) in [4.78, 5) is 22.0. The second kappa shape index (κ2) is 10.3. The summed E-state index contributed by atoms with van der Waals surface area (Å²) in [6, 6.07) is 18.8. The summed E-state index contributed by atoms with van der Waals surface area (Å²) in [5.74, 6) is -0.520. The number of benzene rings is 2. The van der Waals surface area contributed by atoms with Gasteiger partial charge in [0.25, 0.3) is 0 Å². The van der Waals surface area contributed by atoms with Crippen molar-refractivity contribution in [3.05, 3.63) is 71.8 Å². The molecule has 0 bridgehead atoms. The average Bonchev–Trinajstić information content (AvgIpc) is 2.61. The van der Waals surface area contributed by atoms with Gasteiger partial charge in [0, 0.05) is 5.92 Å². The molecule has 2 unspecified atom stereocenters. The minimum atomic E-state index is -2.14. The van der Waals surface area contributed by atoms with Crippen molar-refractivity contribution in [1.82, 2.24) is 0 Å². The van der Waals surface area contributed by atoms with Crippen LogP contribution in [-0.2, 0) is 31.6 Å². The molecule has 0 aliphatic heterocycles. The maximum Gasteiger partial charge on any atom is 0.333 e. The van der Waals surface area contributed by atoms with Crippen molar-refractivity contribution in [2.24, 2.45) is 5.92 Å². The van der Waals surface area contributed by atoms with Crippen LogP contribution in [0.3, 0.4) is 0 Å². The zero-order valence-corrected chi connectivity index (χ0v) is 15.3. The molecule has 2 atom stereocenters. The van der Waals surface area contributed by atoms with Gasteiger partial charge in [-0.2, -0.15) is 0 Å². The topological polar surface area (TPSA) is 65.0 Å². The third-order valence-electron chi connectivity index (χ3n) is 3.36. The van der Waals surface area contributed by atoms with Crippen LogP contribution in [0.4, 0.5) is 0 Å². The summed E-state index contributed by atoms with van der Waals surface area (Å²) in [5.41, 5.74) is 1.79. The third kappa shape index (κ3) is 7.32.